The summed E-state index contributed by atoms with van der Waals surface area (Å²) in [6.07, 6.45) is 7.86. The van der Waals surface area contributed by atoms with E-state index in [2.05, 4.69) is 5.32 Å². The van der Waals surface area contributed by atoms with Gasteiger partial charge in [0.15, 0.2) is 0 Å². The second-order valence-corrected chi connectivity index (χ2v) is 5.56. The van der Waals surface area contributed by atoms with Crippen molar-refractivity contribution in [3.05, 3.63) is 0 Å². The lowest BCUT2D eigenvalue weighted by atomic mass is 9.98. The second-order valence-electron chi connectivity index (χ2n) is 5.56. The summed E-state index contributed by atoms with van der Waals surface area (Å²) in [5.41, 5.74) is 0. The smallest absolute Gasteiger partial charge is 0.307 e. The van der Waals surface area contributed by atoms with Gasteiger partial charge in [0, 0.05) is 13.2 Å². The maximum atomic E-state index is 11.6. The Morgan fingerprint density at radius 1 is 1.16 bits per heavy atom. The zero-order chi connectivity index (χ0) is 13.7. The average Bonchev–Trinajstić information content (AvgIpc) is 3.20. The fraction of sp³-hybridized carbons (Fsp3) is 0.857. The first-order valence-corrected chi connectivity index (χ1v) is 7.30. The van der Waals surface area contributed by atoms with Crippen LogP contribution in [0.2, 0.25) is 0 Å². The van der Waals surface area contributed by atoms with E-state index in [0.717, 1.165) is 19.3 Å². The quantitative estimate of drug-likeness (QED) is 0.688. The molecule has 0 bridgehead atoms. The van der Waals surface area contributed by atoms with Gasteiger partial charge in [-0.3, -0.25) is 9.59 Å². The summed E-state index contributed by atoms with van der Waals surface area (Å²) in [7, 11) is 0. The highest BCUT2D eigenvalue weighted by Gasteiger charge is 2.48. The molecule has 2 aliphatic carbocycles. The monoisotopic (exact) mass is 269 g/mol. The molecule has 0 aromatic rings. The van der Waals surface area contributed by atoms with Crippen LogP contribution >= 0.6 is 0 Å². The molecule has 0 saturated heterocycles. The maximum absolute atomic E-state index is 11.6. The number of hydrogen-bond donors (Lipinski definition) is 2. The molecule has 0 aromatic heterocycles. The Kier molecular flexibility index (Phi) is 5.19. The molecule has 2 rings (SSSR count). The van der Waals surface area contributed by atoms with Crippen molar-refractivity contribution in [3.63, 3.8) is 0 Å². The van der Waals surface area contributed by atoms with E-state index in [1.54, 1.807) is 0 Å². The van der Waals surface area contributed by atoms with Crippen LogP contribution in [0.3, 0.4) is 0 Å². The number of carbonyl (C=O) groups excluding carboxylic acids is 1. The fourth-order valence-electron chi connectivity index (χ4n) is 2.65. The number of carbonyl (C=O) groups is 2. The van der Waals surface area contributed by atoms with Gasteiger partial charge in [0.25, 0.3) is 0 Å². The average molecular weight is 269 g/mol. The maximum Gasteiger partial charge on any atom is 0.307 e. The Bertz CT molecular complexity index is 325. The first-order valence-electron chi connectivity index (χ1n) is 7.30. The molecule has 1 amide bonds. The van der Waals surface area contributed by atoms with Gasteiger partial charge in [0.1, 0.15) is 0 Å². The number of amides is 1. The van der Waals surface area contributed by atoms with Crippen LogP contribution in [0.5, 0.6) is 0 Å². The van der Waals surface area contributed by atoms with Crippen molar-refractivity contribution < 1.29 is 19.4 Å². The van der Waals surface area contributed by atoms with E-state index in [4.69, 9.17) is 9.84 Å². The minimum Gasteiger partial charge on any atom is -0.481 e. The van der Waals surface area contributed by atoms with Crippen LogP contribution in [0.15, 0.2) is 0 Å². The van der Waals surface area contributed by atoms with Crippen molar-refractivity contribution in [2.75, 3.05) is 13.2 Å². The molecular weight excluding hydrogens is 246 g/mol. The van der Waals surface area contributed by atoms with Crippen molar-refractivity contribution in [1.82, 2.24) is 5.32 Å². The number of nitrogens with one attached hydrogen (secondary N) is 1. The first kappa shape index (κ1) is 14.3. The predicted octanol–water partition coefficient (Wildman–Crippen LogP) is 1.56. The molecule has 108 valence electrons. The van der Waals surface area contributed by atoms with Crippen molar-refractivity contribution in [3.8, 4) is 0 Å². The summed E-state index contributed by atoms with van der Waals surface area (Å²) >= 11 is 0. The third kappa shape index (κ3) is 4.49. The number of ether oxygens (including phenoxy) is 1. The SMILES string of the molecule is O=C(O)[C@@H]1C[C@H]1C(=O)NCCCOC1CCCCC1. The van der Waals surface area contributed by atoms with E-state index in [1.807, 2.05) is 0 Å². The summed E-state index contributed by atoms with van der Waals surface area (Å²) in [5, 5.41) is 11.5. The Hall–Kier alpha value is -1.10. The molecule has 0 heterocycles. The number of aliphatic carboxylic acids is 1. The lowest BCUT2D eigenvalue weighted by Gasteiger charge is -2.21. The molecule has 2 fully saturated rings. The topological polar surface area (TPSA) is 75.6 Å². The van der Waals surface area contributed by atoms with E-state index in [0.29, 0.717) is 25.7 Å². The highest BCUT2D eigenvalue weighted by Crippen LogP contribution is 2.38. The van der Waals surface area contributed by atoms with Crippen LogP contribution in [0.4, 0.5) is 0 Å². The van der Waals surface area contributed by atoms with Crippen molar-refractivity contribution in [1.29, 1.82) is 0 Å². The van der Waals surface area contributed by atoms with E-state index >= 15 is 0 Å². The molecule has 0 radical (unpaired) electrons. The number of carboxylic acid groups (broad SMARTS) is 1. The molecule has 2 atom stereocenters. The molecule has 2 N–H and O–H groups in total. The van der Waals surface area contributed by atoms with Gasteiger partial charge in [0.2, 0.25) is 5.91 Å². The molecule has 0 aliphatic heterocycles. The Morgan fingerprint density at radius 2 is 1.89 bits per heavy atom. The van der Waals surface area contributed by atoms with Gasteiger partial charge in [-0.15, -0.1) is 0 Å². The summed E-state index contributed by atoms with van der Waals surface area (Å²) in [4.78, 5) is 22.2. The van der Waals surface area contributed by atoms with Gasteiger partial charge >= 0.3 is 5.97 Å². The van der Waals surface area contributed by atoms with Gasteiger partial charge in [0.05, 0.1) is 17.9 Å². The van der Waals surface area contributed by atoms with Gasteiger partial charge in [-0.05, 0) is 25.7 Å². The van der Waals surface area contributed by atoms with Crippen LogP contribution < -0.4 is 5.32 Å². The lowest BCUT2D eigenvalue weighted by molar-refractivity contribution is -0.140. The Labute approximate surface area is 113 Å². The minimum atomic E-state index is -0.860. The third-order valence-electron chi connectivity index (χ3n) is 3.97. The summed E-state index contributed by atoms with van der Waals surface area (Å²) in [5.74, 6) is -1.75. The molecular formula is C14H23NO4. The molecule has 5 nitrogen and oxygen atoms in total. The van der Waals surface area contributed by atoms with E-state index in [1.165, 1.54) is 19.3 Å². The molecule has 2 aliphatic rings. The fourth-order valence-corrected chi connectivity index (χ4v) is 2.65. The highest BCUT2D eigenvalue weighted by atomic mass is 16.5. The zero-order valence-electron chi connectivity index (χ0n) is 11.3. The highest BCUT2D eigenvalue weighted by molar-refractivity contribution is 5.89. The van der Waals surface area contributed by atoms with E-state index in [9.17, 15) is 9.59 Å². The van der Waals surface area contributed by atoms with Crippen LogP contribution in [-0.4, -0.2) is 36.2 Å². The normalized spacial score (nSPS) is 26.9. The number of hydrogen-bond acceptors (Lipinski definition) is 3. The predicted molar refractivity (Wildman–Crippen MR) is 69.7 cm³/mol. The largest absolute Gasteiger partial charge is 0.481 e. The molecule has 2 saturated carbocycles. The lowest BCUT2D eigenvalue weighted by Crippen LogP contribution is -2.28. The number of rotatable bonds is 7. The first-order chi connectivity index (χ1) is 9.18. The molecule has 0 spiro atoms. The van der Waals surface area contributed by atoms with Crippen LogP contribution in [0, 0.1) is 11.8 Å². The Balaban J connectivity index is 1.48. The molecule has 5 heteroatoms. The van der Waals surface area contributed by atoms with Crippen molar-refractivity contribution in [2.24, 2.45) is 11.8 Å². The van der Waals surface area contributed by atoms with Gasteiger partial charge in [-0.2, -0.15) is 0 Å². The standard InChI is InChI=1S/C14H23NO4/c16-13(11-9-12(11)14(17)18)15-7-4-8-19-10-5-2-1-3-6-10/h10-12H,1-9H2,(H,15,16)(H,17,18)/t11-,12-/m1/s1. The number of carboxylic acids is 1. The summed E-state index contributed by atoms with van der Waals surface area (Å²) < 4.78 is 5.75. The van der Waals surface area contributed by atoms with E-state index < -0.39 is 11.9 Å². The van der Waals surface area contributed by atoms with E-state index in [-0.39, 0.29) is 11.8 Å². The molecule has 0 unspecified atom stereocenters. The van der Waals surface area contributed by atoms with Gasteiger partial charge in [-0.1, -0.05) is 19.3 Å². The minimum absolute atomic E-state index is 0.120. The Morgan fingerprint density at radius 3 is 2.53 bits per heavy atom. The van der Waals surface area contributed by atoms with Crippen LogP contribution in [-0.2, 0) is 14.3 Å². The molecule has 0 aromatic carbocycles. The zero-order valence-corrected chi connectivity index (χ0v) is 11.3. The third-order valence-corrected chi connectivity index (χ3v) is 3.97. The van der Waals surface area contributed by atoms with Crippen molar-refractivity contribution >= 4 is 11.9 Å². The molecule has 19 heavy (non-hydrogen) atoms. The summed E-state index contributed by atoms with van der Waals surface area (Å²) in [6.45, 7) is 1.26. The second kappa shape index (κ2) is 6.89. The van der Waals surface area contributed by atoms with Gasteiger partial charge in [-0.25, -0.2) is 0 Å². The van der Waals surface area contributed by atoms with Crippen LogP contribution in [0.1, 0.15) is 44.9 Å². The van der Waals surface area contributed by atoms with Gasteiger partial charge < -0.3 is 15.2 Å². The van der Waals surface area contributed by atoms with Crippen molar-refractivity contribution in [2.45, 2.75) is 51.0 Å². The summed E-state index contributed by atoms with van der Waals surface area (Å²) in [6, 6.07) is 0. The van der Waals surface area contributed by atoms with Crippen LogP contribution in [0.25, 0.3) is 0 Å².